The molecule has 0 fully saturated rings. The summed E-state index contributed by atoms with van der Waals surface area (Å²) in [5.41, 5.74) is 3.06. The van der Waals surface area contributed by atoms with E-state index < -0.39 is 5.60 Å². The molecule has 0 N–H and O–H groups in total. The van der Waals surface area contributed by atoms with Crippen LogP contribution in [0.4, 0.5) is 0 Å². The molecule has 0 amide bonds. The number of ether oxygens (including phenoxy) is 4. The summed E-state index contributed by atoms with van der Waals surface area (Å²) in [7, 11) is 1.62. The fraction of sp³-hybridized carbons (Fsp3) is 0.143. The van der Waals surface area contributed by atoms with Gasteiger partial charge in [0.25, 0.3) is 0 Å². The minimum Gasteiger partial charge on any atom is -0.550 e. The standard InChI is InChI=1S/C28H23O4.Li/c1-29-26-21(17-18-25-27(26)31-20-30-25)19-32-28(22-11-5-2-6-12-22,23-13-7-3-8-14-23)24-15-9-4-10-16-24;/h2-16,18H,19-20H2,1H3;/q-1;+1. The van der Waals surface area contributed by atoms with Gasteiger partial charge in [-0.3, -0.25) is 0 Å². The van der Waals surface area contributed by atoms with E-state index in [-0.39, 0.29) is 32.3 Å². The molecule has 5 heteroatoms. The quantitative estimate of drug-likeness (QED) is 0.257. The van der Waals surface area contributed by atoms with Crippen LogP contribution in [0.25, 0.3) is 0 Å². The Kier molecular flexibility index (Phi) is 7.10. The summed E-state index contributed by atoms with van der Waals surface area (Å²) >= 11 is 0. The summed E-state index contributed by atoms with van der Waals surface area (Å²) in [4.78, 5) is 0. The third-order valence-corrected chi connectivity index (χ3v) is 5.68. The van der Waals surface area contributed by atoms with Crippen molar-refractivity contribution in [3.05, 3.63) is 125 Å². The first-order valence-electron chi connectivity index (χ1n) is 10.5. The van der Waals surface area contributed by atoms with E-state index in [1.54, 1.807) is 13.2 Å². The summed E-state index contributed by atoms with van der Waals surface area (Å²) in [6.45, 7) is 0.435. The molecule has 0 aromatic heterocycles. The summed E-state index contributed by atoms with van der Waals surface area (Å²) in [5, 5.41) is 0. The molecule has 0 aliphatic carbocycles. The van der Waals surface area contributed by atoms with Crippen LogP contribution in [0.15, 0.2) is 97.1 Å². The second-order valence-corrected chi connectivity index (χ2v) is 7.47. The fourth-order valence-corrected chi connectivity index (χ4v) is 4.20. The molecular formula is C28H23LiO4. The van der Waals surface area contributed by atoms with Crippen molar-refractivity contribution >= 4 is 0 Å². The van der Waals surface area contributed by atoms with Gasteiger partial charge in [0, 0.05) is 0 Å². The zero-order valence-corrected chi connectivity index (χ0v) is 18.8. The first-order valence-corrected chi connectivity index (χ1v) is 10.5. The minimum atomic E-state index is -0.820. The van der Waals surface area contributed by atoms with E-state index in [1.807, 2.05) is 54.6 Å². The number of hydrogen-bond donors (Lipinski definition) is 0. The maximum atomic E-state index is 6.87. The molecule has 1 aliphatic heterocycles. The Balaban J connectivity index is 0.00000259. The molecule has 0 bridgehead atoms. The van der Waals surface area contributed by atoms with Crippen LogP contribution in [0.3, 0.4) is 0 Å². The Morgan fingerprint density at radius 2 is 1.30 bits per heavy atom. The summed E-state index contributed by atoms with van der Waals surface area (Å²) in [6.07, 6.45) is 0. The number of benzene rings is 4. The van der Waals surface area contributed by atoms with Gasteiger partial charge in [0.2, 0.25) is 6.79 Å². The van der Waals surface area contributed by atoms with Gasteiger partial charge in [0.15, 0.2) is 0 Å². The third-order valence-electron chi connectivity index (χ3n) is 5.68. The Morgan fingerprint density at radius 1 is 0.788 bits per heavy atom. The molecule has 4 aromatic rings. The van der Waals surface area contributed by atoms with Gasteiger partial charge in [-0.1, -0.05) is 96.6 Å². The van der Waals surface area contributed by atoms with Crippen LogP contribution in [0.1, 0.15) is 22.3 Å². The van der Waals surface area contributed by atoms with Crippen LogP contribution < -0.4 is 33.1 Å². The van der Waals surface area contributed by atoms with E-state index in [0.29, 0.717) is 17.2 Å². The zero-order valence-electron chi connectivity index (χ0n) is 18.8. The van der Waals surface area contributed by atoms with Crippen LogP contribution in [-0.4, -0.2) is 13.9 Å². The van der Waals surface area contributed by atoms with Gasteiger partial charge in [-0.15, -0.1) is 6.07 Å². The second-order valence-electron chi connectivity index (χ2n) is 7.47. The van der Waals surface area contributed by atoms with Crippen LogP contribution in [-0.2, 0) is 16.9 Å². The average Bonchev–Trinajstić information content (AvgIpc) is 3.35. The fourth-order valence-electron chi connectivity index (χ4n) is 4.20. The van der Waals surface area contributed by atoms with Crippen molar-refractivity contribution in [2.45, 2.75) is 12.2 Å². The van der Waals surface area contributed by atoms with Gasteiger partial charge in [-0.2, -0.15) is 6.07 Å². The minimum absolute atomic E-state index is 0. The van der Waals surface area contributed by atoms with Crippen molar-refractivity contribution in [2.24, 2.45) is 0 Å². The maximum Gasteiger partial charge on any atom is 1.00 e. The Morgan fingerprint density at radius 3 is 1.79 bits per heavy atom. The molecule has 4 nitrogen and oxygen atoms in total. The Hall–Kier alpha value is -3.16. The number of fused-ring (bicyclic) bond motifs is 1. The maximum absolute atomic E-state index is 6.87. The second kappa shape index (κ2) is 10.2. The predicted molar refractivity (Wildman–Crippen MR) is 122 cm³/mol. The number of methoxy groups -OCH3 is 1. The van der Waals surface area contributed by atoms with Crippen LogP contribution in [0.2, 0.25) is 0 Å². The molecule has 0 saturated carbocycles. The Bertz CT molecular complexity index is 1080. The molecular weight excluding hydrogens is 407 g/mol. The third kappa shape index (κ3) is 4.26. The zero-order chi connectivity index (χ0) is 21.8. The number of rotatable bonds is 7. The molecule has 1 aliphatic rings. The topological polar surface area (TPSA) is 36.9 Å². The van der Waals surface area contributed by atoms with Gasteiger partial charge in [0.1, 0.15) is 5.60 Å². The summed E-state index contributed by atoms with van der Waals surface area (Å²) in [6, 6.07) is 35.9. The van der Waals surface area contributed by atoms with E-state index in [2.05, 4.69) is 42.5 Å². The van der Waals surface area contributed by atoms with Crippen molar-refractivity contribution < 1.29 is 37.8 Å². The van der Waals surface area contributed by atoms with Gasteiger partial charge < -0.3 is 18.9 Å². The van der Waals surface area contributed by atoms with Crippen molar-refractivity contribution in [1.82, 2.24) is 0 Å². The molecule has 5 rings (SSSR count). The van der Waals surface area contributed by atoms with Gasteiger partial charge >= 0.3 is 18.9 Å². The first-order chi connectivity index (χ1) is 15.8. The molecule has 0 saturated heterocycles. The SMILES string of the molecule is COc1c(COC(c2ccccc2)(c2ccccc2)c2ccccc2)[c-]cc2c1OCO2.[Li+]. The van der Waals surface area contributed by atoms with Crippen LogP contribution in [0.5, 0.6) is 17.2 Å². The Labute approximate surface area is 206 Å². The van der Waals surface area contributed by atoms with E-state index in [4.69, 9.17) is 18.9 Å². The average molecular weight is 430 g/mol. The van der Waals surface area contributed by atoms with E-state index in [0.717, 1.165) is 22.3 Å². The van der Waals surface area contributed by atoms with Crippen LogP contribution in [0, 0.1) is 6.07 Å². The molecule has 4 aromatic carbocycles. The molecule has 1 heterocycles. The van der Waals surface area contributed by atoms with Crippen LogP contribution >= 0.6 is 0 Å². The largest absolute Gasteiger partial charge is 1.00 e. The molecule has 0 unspecified atom stereocenters. The van der Waals surface area contributed by atoms with Crippen molar-refractivity contribution in [2.75, 3.05) is 13.9 Å². The predicted octanol–water partition coefficient (Wildman–Crippen LogP) is 2.74. The molecule has 0 radical (unpaired) electrons. The monoisotopic (exact) mass is 430 g/mol. The van der Waals surface area contributed by atoms with Crippen molar-refractivity contribution in [3.8, 4) is 17.2 Å². The molecule has 0 spiro atoms. The number of hydrogen-bond acceptors (Lipinski definition) is 4. The summed E-state index contributed by atoms with van der Waals surface area (Å²) < 4.78 is 23.6. The first kappa shape index (κ1) is 23.0. The van der Waals surface area contributed by atoms with Gasteiger partial charge in [-0.05, 0) is 16.7 Å². The normalized spacial score (nSPS) is 12.2. The van der Waals surface area contributed by atoms with E-state index >= 15 is 0 Å². The van der Waals surface area contributed by atoms with Crippen molar-refractivity contribution in [1.29, 1.82) is 0 Å². The summed E-state index contributed by atoms with van der Waals surface area (Å²) in [5.74, 6) is 1.81. The smallest absolute Gasteiger partial charge is 0.550 e. The molecule has 160 valence electrons. The van der Waals surface area contributed by atoms with Gasteiger partial charge in [0.05, 0.1) is 31.0 Å². The van der Waals surface area contributed by atoms with Gasteiger partial charge in [-0.25, -0.2) is 0 Å². The molecule has 0 atom stereocenters. The molecule has 33 heavy (non-hydrogen) atoms. The van der Waals surface area contributed by atoms with E-state index in [9.17, 15) is 0 Å². The van der Waals surface area contributed by atoms with E-state index in [1.165, 1.54) is 0 Å². The van der Waals surface area contributed by atoms with Crippen molar-refractivity contribution in [3.63, 3.8) is 0 Å².